The summed E-state index contributed by atoms with van der Waals surface area (Å²) in [5.41, 5.74) is 12.7. The summed E-state index contributed by atoms with van der Waals surface area (Å²) in [5.74, 6) is -3.09. The molecule has 6 rings (SSSR count). The van der Waals surface area contributed by atoms with E-state index in [2.05, 4.69) is 36.0 Å². The van der Waals surface area contributed by atoms with Gasteiger partial charge in [0, 0.05) is 11.4 Å². The van der Waals surface area contributed by atoms with Crippen molar-refractivity contribution in [2.45, 2.75) is 16.7 Å². The quantitative estimate of drug-likeness (QED) is 0.0366. The van der Waals surface area contributed by atoms with E-state index in [1.165, 1.54) is 66.7 Å². The number of benzene rings is 6. The van der Waals surface area contributed by atoms with E-state index in [9.17, 15) is 46.1 Å². The first kappa shape index (κ1) is 49.3. The molecule has 0 aliphatic carbocycles. The average Bonchev–Trinajstić information content (AvgIpc) is 3.13. The van der Waals surface area contributed by atoms with Gasteiger partial charge in [-0.15, -0.1) is 15.3 Å². The van der Waals surface area contributed by atoms with Gasteiger partial charge in [-0.2, -0.15) is 32.2 Å². The van der Waals surface area contributed by atoms with Gasteiger partial charge in [-0.1, -0.05) is 23.6 Å². The molecule has 59 heavy (non-hydrogen) atoms. The first-order valence-corrected chi connectivity index (χ1v) is 18.7. The van der Waals surface area contributed by atoms with E-state index < -0.39 is 65.4 Å². The van der Waals surface area contributed by atoms with Crippen molar-refractivity contribution in [3.63, 3.8) is 0 Å². The van der Waals surface area contributed by atoms with E-state index in [0.717, 1.165) is 12.1 Å². The molecule has 286 valence electrons. The van der Waals surface area contributed by atoms with Crippen molar-refractivity contribution >= 4 is 98.9 Å². The molecule has 0 heterocycles. The molecule has 0 aromatic heterocycles. The fourth-order valence-corrected chi connectivity index (χ4v) is 6.70. The standard InChI is InChI=1S/C35H29N9O10S2.3Na/c1-17-10-28(26(37)15-27(17)38-16-31(45)46)42-39-21-3-5-22(6-4-21)40-43-32-30(56(52,53)54)14-19-12-23(7-9-25(19)35(32)48)41-44-33-29(55(49,50)51)13-18-11-20(36)2-8-24(18)34(33)47;;;/h2-15,38,47-48H,16,36-37H2,1H3,(H,45,46)(H,49,50,51)(H,52,53,54);;;/q;3*+1/p-3. The van der Waals surface area contributed by atoms with Crippen LogP contribution in [0.15, 0.2) is 125 Å². The maximum absolute atomic E-state index is 13.5. The molecule has 0 radical (unpaired) electrons. The first-order valence-electron chi connectivity index (χ1n) is 15.8. The van der Waals surface area contributed by atoms with Gasteiger partial charge in [-0.3, -0.25) is 9.11 Å². The third-order valence-corrected chi connectivity index (χ3v) is 9.81. The molecule has 0 aliphatic heterocycles. The van der Waals surface area contributed by atoms with Crippen molar-refractivity contribution in [3.05, 3.63) is 90.5 Å². The van der Waals surface area contributed by atoms with Gasteiger partial charge in [0.2, 0.25) is 0 Å². The number of nitrogens with two attached hydrogens (primary N) is 2. The van der Waals surface area contributed by atoms with Gasteiger partial charge in [-0.05, 0) is 107 Å². The Morgan fingerprint density at radius 2 is 1.10 bits per heavy atom. The van der Waals surface area contributed by atoms with E-state index >= 15 is 0 Å². The topological polar surface area (TPSA) is 333 Å². The van der Waals surface area contributed by atoms with Crippen LogP contribution in [0, 0.1) is 6.92 Å². The van der Waals surface area contributed by atoms with Crippen LogP contribution in [-0.2, 0) is 25.0 Å². The van der Waals surface area contributed by atoms with Crippen molar-refractivity contribution < 1.29 is 135 Å². The molecule has 0 unspecified atom stereocenters. The van der Waals surface area contributed by atoms with Crippen LogP contribution in [-0.4, -0.2) is 38.5 Å². The van der Waals surface area contributed by atoms with Gasteiger partial charge in [0.25, 0.3) is 20.2 Å². The van der Waals surface area contributed by atoms with Crippen LogP contribution >= 0.6 is 0 Å². The van der Waals surface area contributed by atoms with Crippen molar-refractivity contribution in [2.75, 3.05) is 23.3 Å². The molecule has 6 aromatic rings. The molecule has 24 heteroatoms. The number of fused-ring (bicyclic) bond motifs is 2. The number of hydrogen-bond donors (Lipinski definition) is 5. The van der Waals surface area contributed by atoms with Crippen LogP contribution < -0.4 is 121 Å². The number of azo groups is 3. The maximum Gasteiger partial charge on any atom is 1.00 e. The normalized spacial score (nSPS) is 11.8. The summed E-state index contributed by atoms with van der Waals surface area (Å²) in [4.78, 5) is 9.04. The molecule has 6 aromatic carbocycles. The largest absolute Gasteiger partial charge is 1.00 e. The fourth-order valence-electron chi connectivity index (χ4n) is 5.39. The van der Waals surface area contributed by atoms with E-state index in [1.807, 2.05) is 0 Å². The van der Waals surface area contributed by atoms with E-state index in [1.54, 1.807) is 13.0 Å². The molecular weight excluding hydrogens is 840 g/mol. The third kappa shape index (κ3) is 11.6. The zero-order valence-electron chi connectivity index (χ0n) is 31.6. The molecule has 0 atom stereocenters. The minimum atomic E-state index is -5.05. The smallest absolute Gasteiger partial charge is 0.871 e. The average molecular weight is 866 g/mol. The first-order chi connectivity index (χ1) is 26.4. The summed E-state index contributed by atoms with van der Waals surface area (Å²) in [6.07, 6.45) is 0. The van der Waals surface area contributed by atoms with E-state index in [-0.39, 0.29) is 133 Å². The summed E-state index contributed by atoms with van der Waals surface area (Å²) < 4.78 is 68.9. The van der Waals surface area contributed by atoms with Gasteiger partial charge in [-0.25, -0.2) is 0 Å². The van der Waals surface area contributed by atoms with Crippen LogP contribution in [0.3, 0.4) is 0 Å². The number of nitrogen functional groups attached to an aromatic ring is 2. The van der Waals surface area contributed by atoms with Crippen LogP contribution in [0.2, 0.25) is 0 Å². The SMILES string of the molecule is Cc1cc(N=Nc2ccc(N=Nc3c(S(=O)(=O)O)cc4cc(N=Nc5c(S(=O)(=O)O)cc6cc(N)ccc6c5[O-])ccc4c3[O-])cc2)c(N)cc1NCC(=O)[O-].[Na+].[Na+].[Na+]. The minimum Gasteiger partial charge on any atom is -0.871 e. The number of hydrogen-bond acceptors (Lipinski definition) is 17. The molecule has 0 saturated carbocycles. The Labute approximate surface area is 402 Å². The Balaban J connectivity index is 0.00000310. The maximum atomic E-state index is 13.5. The van der Waals surface area contributed by atoms with Gasteiger partial charge in [0.1, 0.15) is 15.5 Å². The minimum absolute atomic E-state index is 0. The van der Waals surface area contributed by atoms with Crippen LogP contribution in [0.25, 0.3) is 21.5 Å². The molecule has 0 aliphatic rings. The number of carboxylic acids is 1. The third-order valence-electron chi connectivity index (χ3n) is 8.08. The summed E-state index contributed by atoms with van der Waals surface area (Å²) >= 11 is 0. The number of anilines is 3. The predicted octanol–water partition coefficient (Wildman–Crippen LogP) is -3.47. The zero-order chi connectivity index (χ0) is 40.5. The van der Waals surface area contributed by atoms with Crippen LogP contribution in [0.4, 0.5) is 51.2 Å². The molecule has 0 fully saturated rings. The van der Waals surface area contributed by atoms with Crippen molar-refractivity contribution in [3.8, 4) is 11.5 Å². The molecule has 0 spiro atoms. The molecule has 0 amide bonds. The number of nitrogens with one attached hydrogen (secondary N) is 1. The Kier molecular flexibility index (Phi) is 16.7. The second-order valence-corrected chi connectivity index (χ2v) is 14.8. The second kappa shape index (κ2) is 20.0. The molecule has 0 bridgehead atoms. The Bertz CT molecular complexity index is 2920. The van der Waals surface area contributed by atoms with Crippen molar-refractivity contribution in [1.82, 2.24) is 0 Å². The second-order valence-electron chi connectivity index (χ2n) is 12.0. The molecular formula is C35H26N9Na3O10S2. The van der Waals surface area contributed by atoms with Gasteiger partial charge >= 0.3 is 88.7 Å². The summed E-state index contributed by atoms with van der Waals surface area (Å²) in [6, 6.07) is 18.8. The molecule has 7 N–H and O–H groups in total. The number of carbonyl (C=O) groups is 1. The molecule has 19 nitrogen and oxygen atoms in total. The number of carboxylic acid groups (broad SMARTS) is 1. The van der Waals surface area contributed by atoms with Crippen molar-refractivity contribution in [2.24, 2.45) is 30.7 Å². The zero-order valence-corrected chi connectivity index (χ0v) is 39.2. The number of aryl methyl sites for hydroxylation is 1. The van der Waals surface area contributed by atoms with Gasteiger partial charge < -0.3 is 36.9 Å². The Morgan fingerprint density at radius 1 is 0.644 bits per heavy atom. The summed E-state index contributed by atoms with van der Waals surface area (Å²) in [6.45, 7) is 1.32. The van der Waals surface area contributed by atoms with Gasteiger partial charge in [0.05, 0.1) is 46.6 Å². The van der Waals surface area contributed by atoms with E-state index in [0.29, 0.717) is 22.6 Å². The van der Waals surface area contributed by atoms with Gasteiger partial charge in [0.15, 0.2) is 0 Å². The number of carbonyl (C=O) groups excluding carboxylic acids is 1. The van der Waals surface area contributed by atoms with E-state index in [4.69, 9.17) is 11.5 Å². The van der Waals surface area contributed by atoms with Crippen LogP contribution in [0.5, 0.6) is 11.5 Å². The monoisotopic (exact) mass is 865 g/mol. The summed E-state index contributed by atoms with van der Waals surface area (Å²) in [5, 5.41) is 63.8. The molecule has 0 saturated heterocycles. The van der Waals surface area contributed by atoms with Crippen molar-refractivity contribution in [1.29, 1.82) is 0 Å². The fraction of sp³-hybridized carbons (Fsp3) is 0.0571. The number of aliphatic carboxylic acids is 1. The Morgan fingerprint density at radius 3 is 1.61 bits per heavy atom. The number of rotatable bonds is 11. The Hall–Kier alpha value is -4.07. The number of nitrogens with zero attached hydrogens (tertiary/aromatic N) is 6. The summed E-state index contributed by atoms with van der Waals surface area (Å²) in [7, 11) is -10.0. The van der Waals surface area contributed by atoms with Crippen LogP contribution in [0.1, 0.15) is 5.56 Å². The predicted molar refractivity (Wildman–Crippen MR) is 199 cm³/mol.